The van der Waals surface area contributed by atoms with Gasteiger partial charge < -0.3 is 14.8 Å². The molecule has 10 nitrogen and oxygen atoms in total. The summed E-state index contributed by atoms with van der Waals surface area (Å²) < 4.78 is 65.8. The Bertz CT molecular complexity index is 1520. The molecule has 3 aromatic carbocycles. The van der Waals surface area contributed by atoms with Gasteiger partial charge in [-0.05, 0) is 48.2 Å². The van der Waals surface area contributed by atoms with E-state index in [0.717, 1.165) is 17.1 Å². The van der Waals surface area contributed by atoms with Gasteiger partial charge in [0.2, 0.25) is 26.0 Å². The second kappa shape index (κ2) is 12.8. The number of nitrogens with zero attached hydrogens (tertiary/aromatic N) is 2. The van der Waals surface area contributed by atoms with Gasteiger partial charge in [0.05, 0.1) is 30.6 Å². The lowest BCUT2D eigenvalue weighted by Crippen LogP contribution is -2.40. The fourth-order valence-corrected chi connectivity index (χ4v) is 7.33. The molecule has 1 N–H and O–H groups in total. The highest BCUT2D eigenvalue weighted by molar-refractivity contribution is 7.89. The Kier molecular flexibility index (Phi) is 9.46. The molecule has 1 saturated heterocycles. The van der Waals surface area contributed by atoms with Crippen molar-refractivity contribution in [3.8, 4) is 11.5 Å². The molecule has 1 amide bonds. The van der Waals surface area contributed by atoms with E-state index in [2.05, 4.69) is 5.32 Å². The van der Waals surface area contributed by atoms with Crippen molar-refractivity contribution >= 4 is 26.0 Å². The van der Waals surface area contributed by atoms with Gasteiger partial charge in [0, 0.05) is 32.2 Å². The number of hydrogen-bond donors (Lipinski definition) is 1. The summed E-state index contributed by atoms with van der Waals surface area (Å²) >= 11 is 0. The average Bonchev–Trinajstić information content (AvgIpc) is 3.52. The highest BCUT2D eigenvalue weighted by Gasteiger charge is 2.29. The molecule has 214 valence electrons. The molecule has 40 heavy (non-hydrogen) atoms. The maximum Gasteiger partial charge on any atom is 0.243 e. The molecule has 0 radical (unpaired) electrons. The molecule has 0 aliphatic carbocycles. The number of rotatable bonds is 12. The molecule has 0 saturated carbocycles. The van der Waals surface area contributed by atoms with Gasteiger partial charge in [-0.15, -0.1) is 0 Å². The van der Waals surface area contributed by atoms with Crippen molar-refractivity contribution < 1.29 is 31.1 Å². The molecule has 0 spiro atoms. The third-order valence-corrected chi connectivity index (χ3v) is 10.3. The number of nitrogens with one attached hydrogen (secondary N) is 1. The quantitative estimate of drug-likeness (QED) is 0.346. The minimum atomic E-state index is -4.10. The number of amides is 1. The topological polar surface area (TPSA) is 122 Å². The van der Waals surface area contributed by atoms with Crippen LogP contribution in [-0.2, 0) is 37.9 Å². The molecule has 1 heterocycles. The Morgan fingerprint density at radius 3 is 2.08 bits per heavy atom. The molecule has 12 heteroatoms. The number of sulfonamides is 2. The van der Waals surface area contributed by atoms with Gasteiger partial charge in [-0.1, -0.05) is 42.5 Å². The predicted molar refractivity (Wildman–Crippen MR) is 150 cm³/mol. The van der Waals surface area contributed by atoms with E-state index in [1.165, 1.54) is 48.9 Å². The summed E-state index contributed by atoms with van der Waals surface area (Å²) in [6.45, 7) is 0.705. The van der Waals surface area contributed by atoms with Crippen molar-refractivity contribution in [2.45, 2.75) is 35.7 Å². The molecule has 1 fully saturated rings. The molecule has 0 bridgehead atoms. The molecule has 1 aliphatic heterocycles. The van der Waals surface area contributed by atoms with Crippen molar-refractivity contribution in [2.24, 2.45) is 0 Å². The van der Waals surface area contributed by atoms with E-state index < -0.39 is 32.5 Å². The van der Waals surface area contributed by atoms with Crippen LogP contribution in [0.1, 0.15) is 24.0 Å². The number of carbonyl (C=O) groups excluding carboxylic acids is 1. The molecule has 0 atom stereocenters. The van der Waals surface area contributed by atoms with Crippen LogP contribution >= 0.6 is 0 Å². The van der Waals surface area contributed by atoms with Gasteiger partial charge >= 0.3 is 0 Å². The van der Waals surface area contributed by atoms with Crippen LogP contribution in [-0.4, -0.2) is 65.2 Å². The smallest absolute Gasteiger partial charge is 0.243 e. The normalized spacial score (nSPS) is 14.3. The third-order valence-electron chi connectivity index (χ3n) is 6.63. The van der Waals surface area contributed by atoms with Gasteiger partial charge in [0.1, 0.15) is 0 Å². The van der Waals surface area contributed by atoms with Crippen molar-refractivity contribution in [1.29, 1.82) is 0 Å². The summed E-state index contributed by atoms with van der Waals surface area (Å²) in [6, 6.07) is 19.6. The molecule has 0 aromatic heterocycles. The lowest BCUT2D eigenvalue weighted by atomic mass is 10.2. The minimum absolute atomic E-state index is 0.0198. The van der Waals surface area contributed by atoms with E-state index in [1.807, 2.05) is 6.07 Å². The van der Waals surface area contributed by atoms with Gasteiger partial charge in [-0.3, -0.25) is 4.79 Å². The van der Waals surface area contributed by atoms with E-state index >= 15 is 0 Å². The Morgan fingerprint density at radius 1 is 0.825 bits per heavy atom. The van der Waals surface area contributed by atoms with E-state index in [1.54, 1.807) is 36.4 Å². The first-order valence-electron chi connectivity index (χ1n) is 12.8. The third kappa shape index (κ3) is 6.81. The van der Waals surface area contributed by atoms with Crippen LogP contribution in [0.5, 0.6) is 11.5 Å². The van der Waals surface area contributed by atoms with Gasteiger partial charge in [-0.25, -0.2) is 16.8 Å². The summed E-state index contributed by atoms with van der Waals surface area (Å²) in [5.41, 5.74) is 1.40. The van der Waals surface area contributed by atoms with Crippen molar-refractivity contribution in [1.82, 2.24) is 13.9 Å². The first-order valence-corrected chi connectivity index (χ1v) is 15.6. The maximum atomic E-state index is 13.6. The highest BCUT2D eigenvalue weighted by Crippen LogP contribution is 2.31. The van der Waals surface area contributed by atoms with Crippen LogP contribution in [0.3, 0.4) is 0 Å². The second-order valence-electron chi connectivity index (χ2n) is 9.31. The van der Waals surface area contributed by atoms with Crippen LogP contribution in [0.25, 0.3) is 0 Å². The SMILES string of the molecule is COc1ccc(S(=O)(=O)N(CC(=O)NCc2ccc(S(=O)(=O)N3CCCC3)cc2)Cc2ccccc2)cc1OC. The summed E-state index contributed by atoms with van der Waals surface area (Å²) in [4.78, 5) is 13.1. The molecule has 3 aromatic rings. The zero-order valence-electron chi connectivity index (χ0n) is 22.4. The highest BCUT2D eigenvalue weighted by atomic mass is 32.2. The zero-order chi connectivity index (χ0) is 28.8. The summed E-state index contributed by atoms with van der Waals surface area (Å²) in [5, 5.41) is 2.74. The zero-order valence-corrected chi connectivity index (χ0v) is 24.1. The van der Waals surface area contributed by atoms with Crippen molar-refractivity contribution in [3.05, 3.63) is 83.9 Å². The van der Waals surface area contributed by atoms with Crippen LogP contribution in [0.4, 0.5) is 0 Å². The number of carbonyl (C=O) groups is 1. The Balaban J connectivity index is 1.48. The van der Waals surface area contributed by atoms with Crippen molar-refractivity contribution in [3.63, 3.8) is 0 Å². The summed E-state index contributed by atoms with van der Waals surface area (Å²) in [7, 11) is -4.76. The lowest BCUT2D eigenvalue weighted by Gasteiger charge is -2.22. The summed E-state index contributed by atoms with van der Waals surface area (Å²) in [5.74, 6) is 0.129. The molecule has 4 rings (SSSR count). The predicted octanol–water partition coefficient (Wildman–Crippen LogP) is 3.00. The van der Waals surface area contributed by atoms with Crippen LogP contribution in [0.2, 0.25) is 0 Å². The fraction of sp³-hybridized carbons (Fsp3) is 0.321. The second-order valence-corrected chi connectivity index (χ2v) is 13.2. The van der Waals surface area contributed by atoms with Crippen molar-refractivity contribution in [2.75, 3.05) is 33.9 Å². The number of methoxy groups -OCH3 is 2. The van der Waals surface area contributed by atoms with E-state index in [0.29, 0.717) is 30.0 Å². The van der Waals surface area contributed by atoms with Crippen LogP contribution in [0.15, 0.2) is 82.6 Å². The molecule has 0 unspecified atom stereocenters. The number of ether oxygens (including phenoxy) is 2. The Morgan fingerprint density at radius 2 is 1.45 bits per heavy atom. The van der Waals surface area contributed by atoms with Crippen LogP contribution < -0.4 is 14.8 Å². The van der Waals surface area contributed by atoms with Crippen LogP contribution in [0, 0.1) is 0 Å². The minimum Gasteiger partial charge on any atom is -0.493 e. The monoisotopic (exact) mass is 587 g/mol. The van der Waals surface area contributed by atoms with E-state index in [4.69, 9.17) is 9.47 Å². The van der Waals surface area contributed by atoms with Gasteiger partial charge in [0.25, 0.3) is 0 Å². The maximum absolute atomic E-state index is 13.6. The van der Waals surface area contributed by atoms with E-state index in [9.17, 15) is 21.6 Å². The first kappa shape index (κ1) is 29.5. The Hall–Kier alpha value is -3.45. The molecule has 1 aliphatic rings. The standard InChI is InChI=1S/C28H33N3O7S2/c1-37-26-15-14-25(18-27(26)38-2)40(35,36)31(20-23-8-4-3-5-9-23)21-28(32)29-19-22-10-12-24(13-11-22)39(33,34)30-16-6-7-17-30/h3-5,8-15,18H,6-7,16-17,19-21H2,1-2H3,(H,29,32). The summed E-state index contributed by atoms with van der Waals surface area (Å²) in [6.07, 6.45) is 1.71. The average molecular weight is 588 g/mol. The van der Waals surface area contributed by atoms with E-state index in [-0.39, 0.29) is 28.6 Å². The Labute approximate surface area is 235 Å². The number of benzene rings is 3. The van der Waals surface area contributed by atoms with Gasteiger partial charge in [-0.2, -0.15) is 8.61 Å². The number of hydrogen-bond acceptors (Lipinski definition) is 7. The largest absolute Gasteiger partial charge is 0.493 e. The first-order chi connectivity index (χ1) is 19.1. The molecular formula is C28H33N3O7S2. The van der Waals surface area contributed by atoms with Gasteiger partial charge in [0.15, 0.2) is 11.5 Å². The molecular weight excluding hydrogens is 554 g/mol. The fourth-order valence-electron chi connectivity index (χ4n) is 4.41. The lowest BCUT2D eigenvalue weighted by molar-refractivity contribution is -0.121.